The molecule has 2 aromatic rings. The molecule has 1 aliphatic rings. The van der Waals surface area contributed by atoms with E-state index >= 15 is 0 Å². The topological polar surface area (TPSA) is 80.6 Å². The van der Waals surface area contributed by atoms with Crippen molar-refractivity contribution < 1.29 is 18.7 Å². The van der Waals surface area contributed by atoms with Gasteiger partial charge in [-0.1, -0.05) is 23.8 Å². The number of carbonyl (C=O) groups excluding carboxylic acids is 2. The van der Waals surface area contributed by atoms with E-state index in [9.17, 15) is 9.59 Å². The van der Waals surface area contributed by atoms with Gasteiger partial charge in [0.1, 0.15) is 5.76 Å². The molecule has 0 saturated carbocycles. The lowest BCUT2D eigenvalue weighted by Gasteiger charge is -2.30. The van der Waals surface area contributed by atoms with Gasteiger partial charge in [-0.2, -0.15) is 0 Å². The molecule has 0 unspecified atom stereocenters. The van der Waals surface area contributed by atoms with E-state index < -0.39 is 12.0 Å². The van der Waals surface area contributed by atoms with Crippen molar-refractivity contribution in [2.45, 2.75) is 25.6 Å². The van der Waals surface area contributed by atoms with Crippen LogP contribution in [0.15, 0.2) is 52.3 Å². The number of hydrogen-bond acceptors (Lipinski definition) is 5. The number of aryl methyl sites for hydroxylation is 2. The molecule has 2 heterocycles. The molecular weight excluding hydrogens is 364 g/mol. The molecule has 0 aliphatic carbocycles. The monoisotopic (exact) mass is 386 g/mol. The fraction of sp³-hybridized carbons (Fsp3) is 0.300. The highest BCUT2D eigenvalue weighted by Crippen LogP contribution is 2.31. The molecule has 0 spiro atoms. The lowest BCUT2D eigenvalue weighted by molar-refractivity contribution is -0.136. The average molecular weight is 386 g/mol. The van der Waals surface area contributed by atoms with E-state index in [1.54, 1.807) is 18.0 Å². The number of thioether (sulfide) groups is 1. The molecule has 0 saturated heterocycles. The van der Waals surface area contributed by atoms with Gasteiger partial charge in [0.05, 0.1) is 30.7 Å². The Morgan fingerprint density at radius 1 is 1.26 bits per heavy atom. The Labute approximate surface area is 162 Å². The van der Waals surface area contributed by atoms with Crippen molar-refractivity contribution in [3.8, 4) is 0 Å². The highest BCUT2D eigenvalue weighted by Gasteiger charge is 2.34. The van der Waals surface area contributed by atoms with Gasteiger partial charge in [-0.15, -0.1) is 11.8 Å². The van der Waals surface area contributed by atoms with Crippen molar-refractivity contribution in [2.75, 3.05) is 12.9 Å². The van der Waals surface area contributed by atoms with E-state index in [-0.39, 0.29) is 6.03 Å². The van der Waals surface area contributed by atoms with Crippen LogP contribution in [0, 0.1) is 13.8 Å². The Morgan fingerprint density at radius 3 is 2.78 bits per heavy atom. The summed E-state index contributed by atoms with van der Waals surface area (Å²) in [6.45, 7) is 3.94. The van der Waals surface area contributed by atoms with Crippen molar-refractivity contribution >= 4 is 23.8 Å². The second-order valence-electron chi connectivity index (χ2n) is 6.35. The maximum atomic E-state index is 12.6. The molecule has 27 heavy (non-hydrogen) atoms. The second-order valence-corrected chi connectivity index (χ2v) is 7.33. The molecule has 6 nitrogen and oxygen atoms in total. The molecule has 2 amide bonds. The van der Waals surface area contributed by atoms with E-state index in [1.165, 1.54) is 7.11 Å². The van der Waals surface area contributed by atoms with Crippen LogP contribution in [0.4, 0.5) is 4.79 Å². The Morgan fingerprint density at radius 2 is 2.07 bits per heavy atom. The molecule has 0 fully saturated rings. The molecule has 0 bridgehead atoms. The zero-order chi connectivity index (χ0) is 19.4. The maximum absolute atomic E-state index is 12.6. The van der Waals surface area contributed by atoms with Crippen molar-refractivity contribution in [2.24, 2.45) is 0 Å². The van der Waals surface area contributed by atoms with Gasteiger partial charge in [-0.25, -0.2) is 9.59 Å². The minimum atomic E-state index is -0.551. The van der Waals surface area contributed by atoms with Crippen molar-refractivity contribution in [3.05, 3.63) is 70.3 Å². The number of esters is 1. The van der Waals surface area contributed by atoms with Crippen molar-refractivity contribution in [1.29, 1.82) is 0 Å². The largest absolute Gasteiger partial charge is 0.468 e. The summed E-state index contributed by atoms with van der Waals surface area (Å²) in [6.07, 6.45) is 1.62. The van der Waals surface area contributed by atoms with Gasteiger partial charge in [-0.3, -0.25) is 0 Å². The highest BCUT2D eigenvalue weighted by atomic mass is 32.2. The minimum Gasteiger partial charge on any atom is -0.468 e. The number of ether oxygens (including phenoxy) is 1. The van der Waals surface area contributed by atoms with Crippen molar-refractivity contribution in [3.63, 3.8) is 0 Å². The number of urea groups is 1. The second kappa shape index (κ2) is 8.35. The van der Waals surface area contributed by atoms with E-state index in [0.29, 0.717) is 22.8 Å². The first-order valence-electron chi connectivity index (χ1n) is 8.55. The molecule has 0 radical (unpaired) electrons. The number of furan rings is 1. The summed E-state index contributed by atoms with van der Waals surface area (Å²) >= 11 is 1.55. The zero-order valence-electron chi connectivity index (χ0n) is 15.5. The first kappa shape index (κ1) is 19.1. The Bertz CT molecular complexity index is 874. The van der Waals surface area contributed by atoms with Gasteiger partial charge >= 0.3 is 12.0 Å². The van der Waals surface area contributed by atoms with E-state index in [1.807, 2.05) is 44.2 Å². The third kappa shape index (κ3) is 4.36. The fourth-order valence-electron chi connectivity index (χ4n) is 3.04. The molecule has 1 aromatic heterocycles. The van der Waals surface area contributed by atoms with Crippen LogP contribution >= 0.6 is 11.8 Å². The summed E-state index contributed by atoms with van der Waals surface area (Å²) in [5.41, 5.74) is 3.93. The summed E-state index contributed by atoms with van der Waals surface area (Å²) in [4.78, 5) is 24.8. The van der Waals surface area contributed by atoms with E-state index in [0.717, 1.165) is 22.5 Å². The van der Waals surface area contributed by atoms with Gasteiger partial charge in [0.2, 0.25) is 0 Å². The smallest absolute Gasteiger partial charge is 0.338 e. The molecule has 3 rings (SSSR count). The predicted molar refractivity (Wildman–Crippen MR) is 104 cm³/mol. The maximum Gasteiger partial charge on any atom is 0.338 e. The van der Waals surface area contributed by atoms with Crippen LogP contribution in [-0.2, 0) is 15.3 Å². The van der Waals surface area contributed by atoms with Crippen LogP contribution in [0.3, 0.4) is 0 Å². The molecule has 2 N–H and O–H groups in total. The summed E-state index contributed by atoms with van der Waals surface area (Å²) in [5.74, 6) is 1.48. The lowest BCUT2D eigenvalue weighted by Crippen LogP contribution is -2.46. The quantitative estimate of drug-likeness (QED) is 0.742. The number of nitrogens with one attached hydrogen (secondary N) is 2. The summed E-state index contributed by atoms with van der Waals surface area (Å²) in [7, 11) is 1.35. The zero-order valence-corrected chi connectivity index (χ0v) is 16.3. The Hall–Kier alpha value is -2.67. The SMILES string of the molecule is COC(=O)C1=C(CSCc2ccco2)NC(=O)N[C@H]1c1cc(C)ccc1C. The predicted octanol–water partition coefficient (Wildman–Crippen LogP) is 3.61. The molecule has 1 atom stereocenters. The first-order valence-corrected chi connectivity index (χ1v) is 9.71. The number of carbonyl (C=O) groups is 2. The summed E-state index contributed by atoms with van der Waals surface area (Å²) in [5, 5.41) is 5.64. The lowest BCUT2D eigenvalue weighted by atomic mass is 9.91. The third-order valence-electron chi connectivity index (χ3n) is 4.38. The van der Waals surface area contributed by atoms with Gasteiger partial charge < -0.3 is 19.8 Å². The number of methoxy groups -OCH3 is 1. The van der Waals surface area contributed by atoms with Gasteiger partial charge in [0.15, 0.2) is 0 Å². The number of benzene rings is 1. The molecular formula is C20H22N2O4S. The number of rotatable bonds is 6. The van der Waals surface area contributed by atoms with Gasteiger partial charge in [-0.05, 0) is 37.1 Å². The Kier molecular flexibility index (Phi) is 5.91. The fourth-order valence-corrected chi connectivity index (χ4v) is 3.93. The molecule has 142 valence electrons. The number of hydrogen-bond donors (Lipinski definition) is 2. The standard InChI is InChI=1S/C20H22N2O4S/c1-12-6-7-13(2)15(9-12)18-17(19(23)25-3)16(21-20(24)22-18)11-27-10-14-5-4-8-26-14/h4-9,18H,10-11H2,1-3H3,(H2,21,22,24)/t18-/m0/s1. The van der Waals surface area contributed by atoms with Crippen LogP contribution < -0.4 is 10.6 Å². The van der Waals surface area contributed by atoms with Crippen molar-refractivity contribution in [1.82, 2.24) is 10.6 Å². The highest BCUT2D eigenvalue weighted by molar-refractivity contribution is 7.98. The molecule has 1 aliphatic heterocycles. The summed E-state index contributed by atoms with van der Waals surface area (Å²) < 4.78 is 10.3. The van der Waals surface area contributed by atoms with E-state index in [4.69, 9.17) is 9.15 Å². The number of amides is 2. The first-order chi connectivity index (χ1) is 13.0. The average Bonchev–Trinajstić information content (AvgIpc) is 3.16. The minimum absolute atomic E-state index is 0.331. The molecule has 7 heteroatoms. The normalized spacial score (nSPS) is 16.7. The van der Waals surface area contributed by atoms with Crippen LogP contribution in [-0.4, -0.2) is 24.9 Å². The van der Waals surface area contributed by atoms with Gasteiger partial charge in [0.25, 0.3) is 0 Å². The molecule has 1 aromatic carbocycles. The van der Waals surface area contributed by atoms with Crippen LogP contribution in [0.2, 0.25) is 0 Å². The Balaban J connectivity index is 1.94. The third-order valence-corrected chi connectivity index (χ3v) is 5.36. The van der Waals surface area contributed by atoms with Crippen LogP contribution in [0.25, 0.3) is 0 Å². The van der Waals surface area contributed by atoms with Crippen LogP contribution in [0.5, 0.6) is 0 Å². The van der Waals surface area contributed by atoms with E-state index in [2.05, 4.69) is 10.6 Å². The summed E-state index contributed by atoms with van der Waals surface area (Å²) in [6, 6.07) is 8.82. The van der Waals surface area contributed by atoms with Crippen LogP contribution in [0.1, 0.15) is 28.5 Å². The van der Waals surface area contributed by atoms with Gasteiger partial charge in [0, 0.05) is 11.4 Å².